The number of H-pyrrole nitrogens is 2. The fraction of sp³-hybridized carbons (Fsp3) is 0.500. The highest BCUT2D eigenvalue weighted by Gasteiger charge is 2.63. The fourth-order valence-electron chi connectivity index (χ4n) is 12.8. The highest BCUT2D eigenvalue weighted by molar-refractivity contribution is 6.11. The SMILES string of the molecule is C/C=C1\C[N+]2(C)C3CC1C(CO)C2Cc1c3[nH]c2ccc(O)c(-c3c(O)ccc4[nH]c5c(c34)CC3C(CO)C4CC5[N+]3(C)C/C4=C\C)c12. The zero-order chi connectivity index (χ0) is 33.0. The predicted molar refractivity (Wildman–Crippen MR) is 186 cm³/mol. The lowest BCUT2D eigenvalue weighted by molar-refractivity contribution is -0.978. The summed E-state index contributed by atoms with van der Waals surface area (Å²) in [4.78, 5) is 7.71. The van der Waals surface area contributed by atoms with Gasteiger partial charge in [-0.3, -0.25) is 0 Å². The number of aliphatic hydroxyl groups excluding tert-OH is 2. The minimum atomic E-state index is 0.179. The number of likely N-dealkylation sites (N-methyl/N-ethyl adjacent to an activating group) is 2. The van der Waals surface area contributed by atoms with Gasteiger partial charge in [0.15, 0.2) is 0 Å². The Hall–Kier alpha value is -3.56. The lowest BCUT2D eigenvalue weighted by Crippen LogP contribution is -2.70. The van der Waals surface area contributed by atoms with Crippen LogP contribution in [0.2, 0.25) is 0 Å². The van der Waals surface area contributed by atoms with Gasteiger partial charge < -0.3 is 39.4 Å². The average Bonchev–Trinajstić information content (AvgIpc) is 3.62. The van der Waals surface area contributed by atoms with Crippen molar-refractivity contribution in [3.63, 3.8) is 0 Å². The molecule has 8 aliphatic heterocycles. The van der Waals surface area contributed by atoms with Crippen LogP contribution in [0.5, 0.6) is 11.5 Å². The van der Waals surface area contributed by atoms with Gasteiger partial charge in [-0.1, -0.05) is 12.2 Å². The largest absolute Gasteiger partial charge is 0.507 e. The first-order valence-electron chi connectivity index (χ1n) is 18.1. The molecule has 6 saturated heterocycles. The molecule has 6 fully saturated rings. The highest BCUT2D eigenvalue weighted by Crippen LogP contribution is 2.61. The molecule has 8 bridgehead atoms. The number of aromatic hydroxyl groups is 2. The van der Waals surface area contributed by atoms with Crippen molar-refractivity contribution in [2.24, 2.45) is 23.7 Å². The number of phenolic OH excluding ortho intramolecular Hbond substituents is 2. The zero-order valence-electron chi connectivity index (χ0n) is 28.4. The van der Waals surface area contributed by atoms with E-state index in [9.17, 15) is 20.4 Å². The summed E-state index contributed by atoms with van der Waals surface area (Å²) in [6.07, 6.45) is 8.22. The van der Waals surface area contributed by atoms with Gasteiger partial charge in [0.25, 0.3) is 0 Å². The molecule has 6 N–H and O–H groups in total. The molecule has 0 radical (unpaired) electrons. The third kappa shape index (κ3) is 3.31. The van der Waals surface area contributed by atoms with Gasteiger partial charge in [0.1, 0.15) is 36.7 Å². The van der Waals surface area contributed by atoms with Crippen molar-refractivity contribution in [1.82, 2.24) is 9.97 Å². The van der Waals surface area contributed by atoms with E-state index in [0.29, 0.717) is 47.1 Å². The predicted octanol–water partition coefficient (Wildman–Crippen LogP) is 5.73. The lowest BCUT2D eigenvalue weighted by atomic mass is 9.62. The van der Waals surface area contributed by atoms with Crippen molar-refractivity contribution in [1.29, 1.82) is 0 Å². The van der Waals surface area contributed by atoms with Crippen LogP contribution < -0.4 is 0 Å². The first-order valence-corrected chi connectivity index (χ1v) is 18.1. The van der Waals surface area contributed by atoms with Crippen LogP contribution in [0.25, 0.3) is 32.9 Å². The minimum Gasteiger partial charge on any atom is -0.507 e. The smallest absolute Gasteiger partial charge is 0.131 e. The van der Waals surface area contributed by atoms with E-state index in [0.717, 1.165) is 69.5 Å². The second-order valence-corrected chi connectivity index (χ2v) is 16.5. The molecule has 12 rings (SSSR count). The highest BCUT2D eigenvalue weighted by atomic mass is 16.3. The molecule has 2 aromatic carbocycles. The molecule has 10 atom stereocenters. The first-order chi connectivity index (χ1) is 23.2. The maximum atomic E-state index is 11.8. The van der Waals surface area contributed by atoms with Gasteiger partial charge in [0.05, 0.1) is 50.8 Å². The summed E-state index contributed by atoms with van der Waals surface area (Å²) in [7, 11) is 4.76. The molecule has 8 heteroatoms. The second-order valence-electron chi connectivity index (χ2n) is 16.5. The van der Waals surface area contributed by atoms with Gasteiger partial charge in [0, 0.05) is 82.3 Å². The Kier molecular flexibility index (Phi) is 5.85. The molecule has 0 amide bonds. The number of nitrogens with one attached hydrogen (secondary N) is 2. The quantitative estimate of drug-likeness (QED) is 0.126. The van der Waals surface area contributed by atoms with Crippen LogP contribution in [-0.2, 0) is 12.8 Å². The molecule has 8 aliphatic rings. The number of aromatic nitrogens is 2. The van der Waals surface area contributed by atoms with E-state index in [1.165, 1.54) is 33.7 Å². The van der Waals surface area contributed by atoms with Gasteiger partial charge in [-0.25, -0.2) is 0 Å². The Morgan fingerprint density at radius 2 is 1.10 bits per heavy atom. The van der Waals surface area contributed by atoms with E-state index >= 15 is 0 Å². The molecule has 10 heterocycles. The van der Waals surface area contributed by atoms with Gasteiger partial charge in [-0.15, -0.1) is 0 Å². The van der Waals surface area contributed by atoms with E-state index in [2.05, 4.69) is 50.1 Å². The van der Waals surface area contributed by atoms with Gasteiger partial charge in [0.2, 0.25) is 0 Å². The van der Waals surface area contributed by atoms with Crippen LogP contribution in [0.4, 0.5) is 0 Å². The van der Waals surface area contributed by atoms with Crippen molar-refractivity contribution in [3.8, 4) is 22.6 Å². The average molecular weight is 649 g/mol. The van der Waals surface area contributed by atoms with E-state index in [1.807, 2.05) is 12.1 Å². The van der Waals surface area contributed by atoms with Crippen LogP contribution in [0.3, 0.4) is 0 Å². The molecule has 0 aliphatic carbocycles. The number of allylic oxidation sites excluding steroid dienone is 2. The molecule has 10 unspecified atom stereocenters. The normalized spacial score (nSPS) is 39.1. The third-order valence-electron chi connectivity index (χ3n) is 15.0. The monoisotopic (exact) mass is 648 g/mol. The number of hydrogen-bond acceptors (Lipinski definition) is 4. The third-order valence-corrected chi connectivity index (χ3v) is 15.0. The summed E-state index contributed by atoms with van der Waals surface area (Å²) in [5, 5.41) is 47.1. The Balaban J connectivity index is 1.20. The number of quaternary nitrogens is 2. The standard InChI is InChI=1S/C40H46N4O4/c1-5-19-15-43(3)29-13-23-35-27(41-39(23)31(43)11-21(19)25(29)17-45)7-9-33(47)37(35)38-34(48)10-8-28-36(38)24-14-30-26(18-46)22-12-32(40(24)42-28)44(30,4)16-20(22)6-2/h5-10,21-22,25-26,29-32,41-42,45-46H,11-18H2,1-4H3/p+2/b19-5+,20-6+. The van der Waals surface area contributed by atoms with Crippen molar-refractivity contribution < 1.29 is 29.4 Å². The van der Waals surface area contributed by atoms with E-state index in [4.69, 9.17) is 0 Å². The second kappa shape index (κ2) is 9.57. The number of fused-ring (bicyclic) bond motifs is 8. The number of benzene rings is 2. The number of aliphatic hydroxyl groups is 2. The summed E-state index contributed by atoms with van der Waals surface area (Å²) >= 11 is 0. The molecule has 0 saturated carbocycles. The molecular formula is C40H48N4O4+2. The van der Waals surface area contributed by atoms with Crippen molar-refractivity contribution in [2.75, 3.05) is 40.4 Å². The zero-order valence-corrected chi connectivity index (χ0v) is 28.4. The Bertz CT molecular complexity index is 1970. The number of nitrogens with zero attached hydrogens (tertiary/aromatic N) is 2. The van der Waals surface area contributed by atoms with Crippen molar-refractivity contribution in [3.05, 3.63) is 70.1 Å². The minimum absolute atomic E-state index is 0.179. The van der Waals surface area contributed by atoms with Gasteiger partial charge >= 0.3 is 0 Å². The molecule has 4 aromatic rings. The molecule has 250 valence electrons. The van der Waals surface area contributed by atoms with E-state index in [1.54, 1.807) is 12.1 Å². The van der Waals surface area contributed by atoms with Crippen molar-refractivity contribution in [2.45, 2.75) is 63.7 Å². The fourth-order valence-corrected chi connectivity index (χ4v) is 12.8. The van der Waals surface area contributed by atoms with Crippen molar-refractivity contribution >= 4 is 21.8 Å². The maximum Gasteiger partial charge on any atom is 0.131 e. The molecular weight excluding hydrogens is 600 g/mol. The summed E-state index contributed by atoms with van der Waals surface area (Å²) in [6.45, 7) is 6.68. The van der Waals surface area contributed by atoms with Crippen LogP contribution in [-0.4, -0.2) is 91.8 Å². The van der Waals surface area contributed by atoms with Crippen LogP contribution in [0, 0.1) is 23.7 Å². The molecule has 0 spiro atoms. The summed E-state index contributed by atoms with van der Waals surface area (Å²) in [6, 6.07) is 8.75. The summed E-state index contributed by atoms with van der Waals surface area (Å²) < 4.78 is 1.83. The number of rotatable bonds is 3. The van der Waals surface area contributed by atoms with Gasteiger partial charge in [-0.2, -0.15) is 0 Å². The Morgan fingerprint density at radius 1 is 0.688 bits per heavy atom. The number of phenols is 2. The Morgan fingerprint density at radius 3 is 1.48 bits per heavy atom. The Labute approximate surface area is 281 Å². The molecule has 2 aromatic heterocycles. The van der Waals surface area contributed by atoms with Crippen LogP contribution in [0.15, 0.2) is 47.6 Å². The number of piperidine rings is 6. The maximum absolute atomic E-state index is 11.8. The van der Waals surface area contributed by atoms with Gasteiger partial charge in [-0.05, 0) is 60.4 Å². The first kappa shape index (κ1) is 29.4. The number of aromatic amines is 2. The lowest BCUT2D eigenvalue weighted by Gasteiger charge is -2.62. The van der Waals surface area contributed by atoms with Crippen LogP contribution in [0.1, 0.15) is 61.3 Å². The van der Waals surface area contributed by atoms with E-state index in [-0.39, 0.29) is 36.5 Å². The van der Waals surface area contributed by atoms with Crippen LogP contribution >= 0.6 is 0 Å². The summed E-state index contributed by atoms with van der Waals surface area (Å²) in [5.41, 5.74) is 11.4. The topological polar surface area (TPSA) is 113 Å². The summed E-state index contributed by atoms with van der Waals surface area (Å²) in [5.74, 6) is 1.56. The molecule has 48 heavy (non-hydrogen) atoms. The molecule has 8 nitrogen and oxygen atoms in total. The van der Waals surface area contributed by atoms with E-state index < -0.39 is 0 Å². The number of hydrogen-bond donors (Lipinski definition) is 6.